The van der Waals surface area contributed by atoms with E-state index in [2.05, 4.69) is 34.5 Å². The maximum absolute atomic E-state index is 10.1. The van der Waals surface area contributed by atoms with E-state index >= 15 is 0 Å². The van der Waals surface area contributed by atoms with E-state index in [9.17, 15) is 9.90 Å². The molecule has 0 aromatic carbocycles. The van der Waals surface area contributed by atoms with Gasteiger partial charge >= 0.3 is 0 Å². The highest BCUT2D eigenvalue weighted by Gasteiger charge is 2.45. The molecule has 26 heavy (non-hydrogen) atoms. The summed E-state index contributed by atoms with van der Waals surface area (Å²) in [5.41, 5.74) is -0.421. The van der Waals surface area contributed by atoms with Gasteiger partial charge in [-0.05, 0) is 59.4 Å². The van der Waals surface area contributed by atoms with Gasteiger partial charge in [-0.25, -0.2) is 0 Å². The Balaban J connectivity index is 0.000000384. The van der Waals surface area contributed by atoms with Crippen molar-refractivity contribution in [3.63, 3.8) is 0 Å². The smallest absolute Gasteiger partial charge is 0.160 e. The number of hydrogen-bond acceptors (Lipinski definition) is 6. The van der Waals surface area contributed by atoms with E-state index < -0.39 is 5.60 Å². The summed E-state index contributed by atoms with van der Waals surface area (Å²) in [4.78, 5) is 14.4. The molecule has 0 aromatic rings. The monoisotopic (exact) mass is 372 g/mol. The molecule has 156 valence electrons. The van der Waals surface area contributed by atoms with Crippen molar-refractivity contribution in [2.24, 2.45) is 0 Å². The van der Waals surface area contributed by atoms with Crippen LogP contribution in [0, 0.1) is 0 Å². The molecule has 6 heteroatoms. The SMILES string of the molecule is C.C.CN1CC(O)(C2CCCCN2)C1.CN1CCCCC1.O=C1CNC1. The summed E-state index contributed by atoms with van der Waals surface area (Å²) in [7, 11) is 4.25. The molecular weight excluding hydrogens is 328 g/mol. The molecule has 0 aromatic heterocycles. The lowest BCUT2D eigenvalue weighted by Crippen LogP contribution is -2.69. The molecule has 0 saturated carbocycles. The number of carbonyl (C=O) groups is 1. The molecule has 0 radical (unpaired) electrons. The van der Waals surface area contributed by atoms with Gasteiger partial charge in [0.1, 0.15) is 5.60 Å². The summed E-state index contributed by atoms with van der Waals surface area (Å²) < 4.78 is 0. The van der Waals surface area contributed by atoms with Gasteiger partial charge < -0.3 is 25.5 Å². The minimum atomic E-state index is -0.421. The standard InChI is InChI=1S/C9H18N2O.C6H13N.C3H5NO.2CH4/c1-11-6-9(12,7-11)8-4-2-3-5-10-8;1-7-5-3-2-4-6-7;5-3-1-4-2-3;;/h8,10,12H,2-7H2,1H3;2-6H2,1H3;4H,1-2H2;2*1H4. The number of hydrogen-bond donors (Lipinski definition) is 3. The third kappa shape index (κ3) is 8.44. The van der Waals surface area contributed by atoms with Gasteiger partial charge in [0.05, 0.1) is 13.1 Å². The molecule has 6 nitrogen and oxygen atoms in total. The molecule has 1 unspecified atom stereocenters. The van der Waals surface area contributed by atoms with Crippen LogP contribution in [0.25, 0.3) is 0 Å². The van der Waals surface area contributed by atoms with E-state index in [1.54, 1.807) is 0 Å². The summed E-state index contributed by atoms with van der Waals surface area (Å²) >= 11 is 0. The Morgan fingerprint density at radius 3 is 1.85 bits per heavy atom. The second kappa shape index (κ2) is 12.8. The Morgan fingerprint density at radius 1 is 0.962 bits per heavy atom. The number of rotatable bonds is 1. The Bertz CT molecular complexity index is 368. The summed E-state index contributed by atoms with van der Waals surface area (Å²) in [5, 5.41) is 16.3. The van der Waals surface area contributed by atoms with Crippen LogP contribution in [-0.4, -0.2) is 92.2 Å². The van der Waals surface area contributed by atoms with Gasteiger partial charge in [0.2, 0.25) is 0 Å². The summed E-state index contributed by atoms with van der Waals surface area (Å²) in [6, 6.07) is 0.349. The molecule has 4 heterocycles. The number of nitrogens with one attached hydrogen (secondary N) is 2. The van der Waals surface area contributed by atoms with E-state index in [0.717, 1.165) is 26.1 Å². The maximum atomic E-state index is 10.1. The van der Waals surface area contributed by atoms with Crippen molar-refractivity contribution < 1.29 is 9.90 Å². The van der Waals surface area contributed by atoms with Gasteiger partial charge in [-0.1, -0.05) is 27.7 Å². The third-order valence-electron chi connectivity index (χ3n) is 5.27. The molecule has 0 spiro atoms. The number of piperidine rings is 2. The first-order chi connectivity index (χ1) is 11.5. The zero-order valence-electron chi connectivity index (χ0n) is 15.5. The largest absolute Gasteiger partial charge is 0.386 e. The highest BCUT2D eigenvalue weighted by Crippen LogP contribution is 2.27. The van der Waals surface area contributed by atoms with E-state index in [4.69, 9.17) is 0 Å². The highest BCUT2D eigenvalue weighted by atomic mass is 16.3. The van der Waals surface area contributed by atoms with E-state index in [1.165, 1.54) is 45.2 Å². The third-order valence-corrected chi connectivity index (χ3v) is 5.27. The summed E-state index contributed by atoms with van der Waals surface area (Å²) in [5.74, 6) is 0.324. The molecule has 4 fully saturated rings. The molecule has 0 aliphatic carbocycles. The van der Waals surface area contributed by atoms with Crippen LogP contribution in [0.1, 0.15) is 53.4 Å². The predicted octanol–water partition coefficient (Wildman–Crippen LogP) is 1.34. The number of carbonyl (C=O) groups excluding carboxylic acids is 1. The lowest BCUT2D eigenvalue weighted by atomic mass is 9.82. The number of aliphatic hydroxyl groups is 1. The number of likely N-dealkylation sites (N-methyl/N-ethyl adjacent to an activating group) is 1. The van der Waals surface area contributed by atoms with E-state index in [-0.39, 0.29) is 14.9 Å². The van der Waals surface area contributed by atoms with Crippen LogP contribution in [-0.2, 0) is 4.79 Å². The molecule has 4 aliphatic heterocycles. The highest BCUT2D eigenvalue weighted by molar-refractivity contribution is 5.87. The van der Waals surface area contributed by atoms with Crippen molar-refractivity contribution >= 4 is 5.78 Å². The zero-order valence-corrected chi connectivity index (χ0v) is 15.5. The van der Waals surface area contributed by atoms with Crippen molar-refractivity contribution in [1.29, 1.82) is 0 Å². The first-order valence-electron chi connectivity index (χ1n) is 9.55. The Labute approximate surface area is 161 Å². The molecule has 3 N–H and O–H groups in total. The number of Topliss-reactive ketones (excluding diaryl/α,β-unsaturated/α-hetero) is 1. The Morgan fingerprint density at radius 2 is 1.54 bits per heavy atom. The van der Waals surface area contributed by atoms with Crippen LogP contribution in [0.3, 0.4) is 0 Å². The number of likely N-dealkylation sites (tertiary alicyclic amines) is 2. The molecular formula is C20H44N4O2. The van der Waals surface area contributed by atoms with Crippen molar-refractivity contribution in [1.82, 2.24) is 20.4 Å². The second-order valence-electron chi connectivity index (χ2n) is 7.78. The van der Waals surface area contributed by atoms with E-state index in [1.807, 2.05) is 0 Å². The molecule has 0 amide bonds. The van der Waals surface area contributed by atoms with Crippen molar-refractivity contribution in [3.8, 4) is 0 Å². The van der Waals surface area contributed by atoms with Crippen LogP contribution in [0.15, 0.2) is 0 Å². The van der Waals surface area contributed by atoms with Crippen LogP contribution in [0.4, 0.5) is 0 Å². The normalized spacial score (nSPS) is 27.7. The molecule has 4 saturated heterocycles. The molecule has 4 rings (SSSR count). The number of ketones is 1. The minimum Gasteiger partial charge on any atom is -0.386 e. The first-order valence-corrected chi connectivity index (χ1v) is 9.55. The van der Waals surface area contributed by atoms with E-state index in [0.29, 0.717) is 24.9 Å². The maximum Gasteiger partial charge on any atom is 0.160 e. The number of nitrogens with zero attached hydrogens (tertiary/aromatic N) is 2. The Hall–Kier alpha value is -0.530. The van der Waals surface area contributed by atoms with Crippen LogP contribution >= 0.6 is 0 Å². The molecule has 0 bridgehead atoms. The van der Waals surface area contributed by atoms with Crippen LogP contribution < -0.4 is 10.6 Å². The molecule has 1 atom stereocenters. The topological polar surface area (TPSA) is 67.8 Å². The second-order valence-corrected chi connectivity index (χ2v) is 7.78. The van der Waals surface area contributed by atoms with Gasteiger partial charge in [0, 0.05) is 19.1 Å². The summed E-state index contributed by atoms with van der Waals surface area (Å²) in [6.07, 6.45) is 7.95. The van der Waals surface area contributed by atoms with Gasteiger partial charge in [-0.3, -0.25) is 4.79 Å². The Kier molecular flexibility index (Phi) is 12.5. The van der Waals surface area contributed by atoms with Gasteiger partial charge in [-0.2, -0.15) is 0 Å². The number of β-amino-alcohol motifs (C(OH)–C–C–N with tert-alkyl or cyclic N) is 1. The molecule has 4 aliphatic rings. The fraction of sp³-hybridized carbons (Fsp3) is 0.950. The fourth-order valence-electron chi connectivity index (χ4n) is 3.70. The van der Waals surface area contributed by atoms with Crippen molar-refractivity contribution in [3.05, 3.63) is 0 Å². The van der Waals surface area contributed by atoms with Gasteiger partial charge in [0.25, 0.3) is 0 Å². The van der Waals surface area contributed by atoms with Gasteiger partial charge in [0.15, 0.2) is 5.78 Å². The lowest BCUT2D eigenvalue weighted by molar-refractivity contribution is -0.121. The van der Waals surface area contributed by atoms with Crippen molar-refractivity contribution in [2.75, 3.05) is 59.9 Å². The minimum absolute atomic E-state index is 0. The average molecular weight is 373 g/mol. The van der Waals surface area contributed by atoms with Gasteiger partial charge in [-0.15, -0.1) is 0 Å². The average Bonchev–Trinajstić information content (AvgIpc) is 2.54. The predicted molar refractivity (Wildman–Crippen MR) is 111 cm³/mol. The quantitative estimate of drug-likeness (QED) is 0.645. The van der Waals surface area contributed by atoms with Crippen molar-refractivity contribution in [2.45, 2.75) is 65.0 Å². The van der Waals surface area contributed by atoms with Crippen LogP contribution in [0.2, 0.25) is 0 Å². The van der Waals surface area contributed by atoms with Crippen LogP contribution in [0.5, 0.6) is 0 Å². The summed E-state index contributed by atoms with van der Waals surface area (Å²) in [6.45, 7) is 6.59. The fourth-order valence-corrected chi connectivity index (χ4v) is 3.70. The lowest BCUT2D eigenvalue weighted by Gasteiger charge is -2.50. The zero-order chi connectivity index (χ0) is 17.4. The first kappa shape index (κ1) is 25.5.